The van der Waals surface area contributed by atoms with E-state index >= 15 is 0 Å². The summed E-state index contributed by atoms with van der Waals surface area (Å²) in [5.74, 6) is -0.214. The lowest BCUT2D eigenvalue weighted by molar-refractivity contribution is -0.137. The van der Waals surface area contributed by atoms with E-state index in [0.717, 1.165) is 12.1 Å². The van der Waals surface area contributed by atoms with Gasteiger partial charge >= 0.3 is 6.18 Å². The molecule has 0 bridgehead atoms. The van der Waals surface area contributed by atoms with E-state index in [1.54, 1.807) is 25.5 Å². The Morgan fingerprint density at radius 3 is 2.65 bits per heavy atom. The van der Waals surface area contributed by atoms with Crippen molar-refractivity contribution in [1.29, 1.82) is 0 Å². The number of carbonyl (C=O) groups is 1. The third-order valence-electron chi connectivity index (χ3n) is 3.58. The number of ether oxygens (including phenoxy) is 1. The van der Waals surface area contributed by atoms with Crippen LogP contribution in [0.4, 0.5) is 13.2 Å². The van der Waals surface area contributed by atoms with Crippen molar-refractivity contribution in [3.63, 3.8) is 0 Å². The van der Waals surface area contributed by atoms with Gasteiger partial charge in [0.1, 0.15) is 0 Å². The van der Waals surface area contributed by atoms with Gasteiger partial charge in [0, 0.05) is 25.0 Å². The lowest BCUT2D eigenvalue weighted by Crippen LogP contribution is -2.10. The Kier molecular flexibility index (Phi) is 3.63. The highest BCUT2D eigenvalue weighted by Crippen LogP contribution is 2.38. The molecule has 1 atom stereocenters. The summed E-state index contributed by atoms with van der Waals surface area (Å²) in [5, 5.41) is 2.74. The number of hydrogen-bond acceptors (Lipinski definition) is 3. The van der Waals surface area contributed by atoms with E-state index in [0.29, 0.717) is 5.56 Å². The van der Waals surface area contributed by atoms with Gasteiger partial charge in [0.05, 0.1) is 11.1 Å². The van der Waals surface area contributed by atoms with E-state index in [1.807, 2.05) is 0 Å². The van der Waals surface area contributed by atoms with E-state index in [4.69, 9.17) is 4.74 Å². The molecule has 0 spiro atoms. The SMILES string of the molecule is CNC1=C(c2cccc(C(F)(F)F)c2)C(=O)C(c2cc[nH]c2)O1. The maximum atomic E-state index is 12.9. The van der Waals surface area contributed by atoms with Crippen molar-refractivity contribution in [2.24, 2.45) is 0 Å². The van der Waals surface area contributed by atoms with Gasteiger partial charge < -0.3 is 15.0 Å². The molecule has 120 valence electrons. The Labute approximate surface area is 130 Å². The highest BCUT2D eigenvalue weighted by molar-refractivity contribution is 6.25. The van der Waals surface area contributed by atoms with Gasteiger partial charge in [0.2, 0.25) is 5.78 Å². The van der Waals surface area contributed by atoms with Gasteiger partial charge in [-0.3, -0.25) is 4.79 Å². The van der Waals surface area contributed by atoms with Crippen LogP contribution >= 0.6 is 0 Å². The molecular weight excluding hydrogens is 309 g/mol. The first-order valence-corrected chi connectivity index (χ1v) is 6.85. The molecule has 3 rings (SSSR count). The van der Waals surface area contributed by atoms with Crippen LogP contribution in [0.3, 0.4) is 0 Å². The van der Waals surface area contributed by atoms with E-state index < -0.39 is 17.8 Å². The second kappa shape index (κ2) is 5.49. The molecule has 0 aliphatic carbocycles. The second-order valence-electron chi connectivity index (χ2n) is 5.04. The first kappa shape index (κ1) is 15.2. The van der Waals surface area contributed by atoms with Crippen LogP contribution in [0, 0.1) is 0 Å². The van der Waals surface area contributed by atoms with Gasteiger partial charge in [0.15, 0.2) is 12.0 Å². The highest BCUT2D eigenvalue weighted by atomic mass is 19.4. The molecule has 2 aromatic rings. The van der Waals surface area contributed by atoms with Gasteiger partial charge in [0.25, 0.3) is 0 Å². The topological polar surface area (TPSA) is 54.1 Å². The van der Waals surface area contributed by atoms with Gasteiger partial charge in [-0.05, 0) is 23.8 Å². The van der Waals surface area contributed by atoms with Crippen LogP contribution in [0.25, 0.3) is 5.57 Å². The predicted octanol–water partition coefficient (Wildman–Crippen LogP) is 3.26. The number of nitrogens with one attached hydrogen (secondary N) is 2. The molecule has 2 heterocycles. The Morgan fingerprint density at radius 1 is 1.26 bits per heavy atom. The second-order valence-corrected chi connectivity index (χ2v) is 5.04. The van der Waals surface area contributed by atoms with Crippen LogP contribution in [0.5, 0.6) is 0 Å². The quantitative estimate of drug-likeness (QED) is 0.912. The molecule has 1 aromatic carbocycles. The van der Waals surface area contributed by atoms with Crippen LogP contribution in [0.1, 0.15) is 22.8 Å². The maximum absolute atomic E-state index is 12.9. The molecular formula is C16H13F3N2O2. The first-order chi connectivity index (χ1) is 10.9. The Balaban J connectivity index is 2.02. The average molecular weight is 322 g/mol. The van der Waals surface area contributed by atoms with Gasteiger partial charge in [-0.1, -0.05) is 12.1 Å². The first-order valence-electron chi connectivity index (χ1n) is 6.85. The summed E-state index contributed by atoms with van der Waals surface area (Å²) in [6.07, 6.45) is -2.08. The van der Waals surface area contributed by atoms with Gasteiger partial charge in [-0.25, -0.2) is 0 Å². The molecule has 23 heavy (non-hydrogen) atoms. The average Bonchev–Trinajstić information content (AvgIpc) is 3.13. The maximum Gasteiger partial charge on any atom is 0.416 e. The predicted molar refractivity (Wildman–Crippen MR) is 77.0 cm³/mol. The van der Waals surface area contributed by atoms with Crippen molar-refractivity contribution in [3.8, 4) is 0 Å². The molecule has 4 nitrogen and oxygen atoms in total. The largest absolute Gasteiger partial charge is 0.462 e. The number of carbonyl (C=O) groups excluding carboxylic acids is 1. The van der Waals surface area contributed by atoms with Crippen molar-refractivity contribution in [2.45, 2.75) is 12.3 Å². The smallest absolute Gasteiger partial charge is 0.416 e. The summed E-state index contributed by atoms with van der Waals surface area (Å²) >= 11 is 0. The molecule has 7 heteroatoms. The molecule has 0 saturated carbocycles. The lowest BCUT2D eigenvalue weighted by atomic mass is 9.97. The summed E-state index contributed by atoms with van der Waals surface area (Å²) in [6.45, 7) is 0. The molecule has 0 fully saturated rings. The Hall–Kier alpha value is -2.70. The minimum atomic E-state index is -4.47. The van der Waals surface area contributed by atoms with Crippen LogP contribution in [0.2, 0.25) is 0 Å². The number of aromatic amines is 1. The fourth-order valence-electron chi connectivity index (χ4n) is 2.50. The molecule has 1 aliphatic heterocycles. The minimum absolute atomic E-state index is 0.116. The van der Waals surface area contributed by atoms with Crippen molar-refractivity contribution in [2.75, 3.05) is 7.05 Å². The zero-order valence-electron chi connectivity index (χ0n) is 12.1. The standard InChI is InChI=1S/C16H13F3N2O2/c1-20-15-12(9-3-2-4-11(7-9)16(17,18)19)13(22)14(23-15)10-5-6-21-8-10/h2-8,14,20-21H,1H3. The molecule has 1 unspecified atom stereocenters. The summed E-state index contributed by atoms with van der Waals surface area (Å²) in [6, 6.07) is 6.34. The summed E-state index contributed by atoms with van der Waals surface area (Å²) in [7, 11) is 1.55. The number of Topliss-reactive ketones (excluding diaryl/α,β-unsaturated/α-hetero) is 1. The zero-order chi connectivity index (χ0) is 16.6. The van der Waals surface area contributed by atoms with E-state index in [-0.39, 0.29) is 22.8 Å². The van der Waals surface area contributed by atoms with Crippen LogP contribution in [-0.4, -0.2) is 17.8 Å². The van der Waals surface area contributed by atoms with Crippen LogP contribution < -0.4 is 5.32 Å². The number of benzene rings is 1. The lowest BCUT2D eigenvalue weighted by Gasteiger charge is -2.09. The number of halogens is 3. The highest BCUT2D eigenvalue weighted by Gasteiger charge is 2.38. The number of alkyl halides is 3. The Morgan fingerprint density at radius 2 is 2.04 bits per heavy atom. The Bertz CT molecular complexity index is 764. The molecule has 0 radical (unpaired) electrons. The fourth-order valence-corrected chi connectivity index (χ4v) is 2.50. The number of rotatable bonds is 3. The molecule has 0 amide bonds. The fraction of sp³-hybridized carbons (Fsp3) is 0.188. The third kappa shape index (κ3) is 2.69. The van der Waals surface area contributed by atoms with Crippen LogP contribution in [0.15, 0.2) is 48.6 Å². The summed E-state index contributed by atoms with van der Waals surface area (Å²) < 4.78 is 44.2. The third-order valence-corrected chi connectivity index (χ3v) is 3.58. The number of hydrogen-bond donors (Lipinski definition) is 2. The van der Waals surface area contributed by atoms with Crippen molar-refractivity contribution in [1.82, 2.24) is 10.3 Å². The normalized spacial score (nSPS) is 18.3. The number of aromatic nitrogens is 1. The summed E-state index contributed by atoms with van der Waals surface area (Å²) in [5.41, 5.74) is 0.0950. The minimum Gasteiger partial charge on any atom is -0.462 e. The number of ketones is 1. The molecule has 0 saturated heterocycles. The van der Waals surface area contributed by atoms with Crippen molar-refractivity contribution >= 4 is 11.4 Å². The molecule has 2 N–H and O–H groups in total. The molecule has 1 aromatic heterocycles. The number of H-pyrrole nitrogens is 1. The van der Waals surface area contributed by atoms with Gasteiger partial charge in [-0.2, -0.15) is 13.2 Å². The van der Waals surface area contributed by atoms with E-state index in [1.165, 1.54) is 12.1 Å². The van der Waals surface area contributed by atoms with Crippen molar-refractivity contribution in [3.05, 3.63) is 65.3 Å². The van der Waals surface area contributed by atoms with Crippen LogP contribution in [-0.2, 0) is 15.7 Å². The van der Waals surface area contributed by atoms with Crippen molar-refractivity contribution < 1.29 is 22.7 Å². The monoisotopic (exact) mass is 322 g/mol. The van der Waals surface area contributed by atoms with E-state index in [9.17, 15) is 18.0 Å². The van der Waals surface area contributed by atoms with E-state index in [2.05, 4.69) is 10.3 Å². The molecule has 1 aliphatic rings. The summed E-state index contributed by atoms with van der Waals surface area (Å²) in [4.78, 5) is 15.4. The van der Waals surface area contributed by atoms with Gasteiger partial charge in [-0.15, -0.1) is 0 Å². The zero-order valence-corrected chi connectivity index (χ0v) is 12.1.